The van der Waals surface area contributed by atoms with Crippen molar-refractivity contribution in [3.63, 3.8) is 0 Å². The van der Waals surface area contributed by atoms with Gasteiger partial charge in [-0.05, 0) is 50.6 Å². The summed E-state index contributed by atoms with van der Waals surface area (Å²) in [6, 6.07) is 0.321. The summed E-state index contributed by atoms with van der Waals surface area (Å²) in [5, 5.41) is 6.24. The van der Waals surface area contributed by atoms with E-state index >= 15 is 0 Å². The molecule has 2 amide bonds. The Morgan fingerprint density at radius 1 is 1.12 bits per heavy atom. The van der Waals surface area contributed by atoms with Crippen LogP contribution < -0.4 is 10.6 Å². The minimum absolute atomic E-state index is 0.0797. The summed E-state index contributed by atoms with van der Waals surface area (Å²) in [6.07, 6.45) is 6.10. The topological polar surface area (TPSA) is 70.7 Å². The Hall–Kier alpha value is -1.14. The van der Waals surface area contributed by atoms with Crippen LogP contribution in [0.3, 0.4) is 0 Å². The third-order valence-electron chi connectivity index (χ3n) is 6.20. The van der Waals surface area contributed by atoms with Crippen molar-refractivity contribution in [2.24, 2.45) is 17.8 Å². The molecule has 150 valence electrons. The van der Waals surface area contributed by atoms with E-state index in [1.54, 1.807) is 7.11 Å². The minimum Gasteiger partial charge on any atom is -0.385 e. The lowest BCUT2D eigenvalue weighted by Gasteiger charge is -2.36. The molecule has 2 aliphatic rings. The Morgan fingerprint density at radius 2 is 1.85 bits per heavy atom. The number of carbonyl (C=O) groups excluding carboxylic acids is 2. The molecule has 1 heterocycles. The van der Waals surface area contributed by atoms with Gasteiger partial charge in [0.05, 0.1) is 6.54 Å². The number of ether oxygens (including phenoxy) is 1. The van der Waals surface area contributed by atoms with Gasteiger partial charge in [0.2, 0.25) is 11.8 Å². The number of hydrogen-bond acceptors (Lipinski definition) is 4. The number of likely N-dealkylation sites (tertiary alicyclic amines) is 1. The molecule has 3 unspecified atom stereocenters. The fourth-order valence-corrected chi connectivity index (χ4v) is 4.17. The number of nitrogens with zero attached hydrogens (tertiary/aromatic N) is 1. The van der Waals surface area contributed by atoms with E-state index in [-0.39, 0.29) is 17.7 Å². The molecular formula is C20H37N3O3. The second kappa shape index (κ2) is 10.9. The monoisotopic (exact) mass is 367 g/mol. The summed E-state index contributed by atoms with van der Waals surface area (Å²) in [5.41, 5.74) is 0. The van der Waals surface area contributed by atoms with Gasteiger partial charge in [-0.25, -0.2) is 0 Å². The average molecular weight is 368 g/mol. The van der Waals surface area contributed by atoms with Gasteiger partial charge in [-0.3, -0.25) is 14.5 Å². The summed E-state index contributed by atoms with van der Waals surface area (Å²) in [4.78, 5) is 26.8. The largest absolute Gasteiger partial charge is 0.385 e. The highest BCUT2D eigenvalue weighted by molar-refractivity contribution is 5.79. The highest BCUT2D eigenvalue weighted by Crippen LogP contribution is 2.29. The van der Waals surface area contributed by atoms with E-state index in [9.17, 15) is 9.59 Å². The van der Waals surface area contributed by atoms with E-state index in [1.165, 1.54) is 12.8 Å². The molecule has 6 heteroatoms. The van der Waals surface area contributed by atoms with Gasteiger partial charge < -0.3 is 15.4 Å². The summed E-state index contributed by atoms with van der Waals surface area (Å²) in [5.74, 6) is 1.61. The van der Waals surface area contributed by atoms with Crippen molar-refractivity contribution in [1.29, 1.82) is 0 Å². The zero-order valence-electron chi connectivity index (χ0n) is 16.8. The van der Waals surface area contributed by atoms with Crippen LogP contribution in [0.1, 0.15) is 52.4 Å². The van der Waals surface area contributed by atoms with Gasteiger partial charge in [0, 0.05) is 32.2 Å². The van der Waals surface area contributed by atoms with Crippen molar-refractivity contribution in [3.05, 3.63) is 0 Å². The maximum atomic E-state index is 12.4. The molecule has 1 saturated carbocycles. The molecule has 2 N–H and O–H groups in total. The number of amides is 2. The van der Waals surface area contributed by atoms with Gasteiger partial charge in [-0.1, -0.05) is 26.7 Å². The summed E-state index contributed by atoms with van der Waals surface area (Å²) in [7, 11) is 1.67. The fraction of sp³-hybridized carbons (Fsp3) is 0.900. The maximum absolute atomic E-state index is 12.4. The minimum atomic E-state index is 0.0797. The summed E-state index contributed by atoms with van der Waals surface area (Å²) < 4.78 is 4.99. The molecule has 0 radical (unpaired) electrons. The molecule has 3 atom stereocenters. The zero-order chi connectivity index (χ0) is 18.9. The van der Waals surface area contributed by atoms with Gasteiger partial charge in [0.25, 0.3) is 0 Å². The summed E-state index contributed by atoms with van der Waals surface area (Å²) in [6.45, 7) is 7.99. The van der Waals surface area contributed by atoms with E-state index < -0.39 is 0 Å². The van der Waals surface area contributed by atoms with Gasteiger partial charge in [-0.15, -0.1) is 0 Å². The predicted octanol–water partition coefficient (Wildman–Crippen LogP) is 1.79. The van der Waals surface area contributed by atoms with Gasteiger partial charge in [-0.2, -0.15) is 0 Å². The molecule has 0 aromatic carbocycles. The highest BCUT2D eigenvalue weighted by atomic mass is 16.5. The normalized spacial score (nSPS) is 27.9. The van der Waals surface area contributed by atoms with Crippen LogP contribution in [0.4, 0.5) is 0 Å². The molecule has 0 aromatic rings. The van der Waals surface area contributed by atoms with Gasteiger partial charge in [0.15, 0.2) is 0 Å². The first-order valence-corrected chi connectivity index (χ1v) is 10.3. The van der Waals surface area contributed by atoms with Crippen molar-refractivity contribution >= 4 is 11.8 Å². The fourth-order valence-electron chi connectivity index (χ4n) is 4.17. The van der Waals surface area contributed by atoms with Crippen molar-refractivity contribution in [1.82, 2.24) is 15.5 Å². The van der Waals surface area contributed by atoms with Crippen LogP contribution in [0.5, 0.6) is 0 Å². The number of rotatable bonds is 8. The molecule has 0 spiro atoms. The van der Waals surface area contributed by atoms with E-state index in [0.717, 1.165) is 38.8 Å². The lowest BCUT2D eigenvalue weighted by molar-refractivity contribution is -0.127. The first-order chi connectivity index (χ1) is 12.5. The molecule has 2 fully saturated rings. The van der Waals surface area contributed by atoms with Crippen molar-refractivity contribution in [3.8, 4) is 0 Å². The zero-order valence-corrected chi connectivity index (χ0v) is 16.8. The predicted molar refractivity (Wildman–Crippen MR) is 103 cm³/mol. The third-order valence-corrected chi connectivity index (χ3v) is 6.20. The SMILES string of the molecule is COCCCNC(=O)C1CCN(CC(=O)NC2CCCC(C)C2C)CC1. The molecule has 0 bridgehead atoms. The Kier molecular flexibility index (Phi) is 8.85. The Bertz CT molecular complexity index is 450. The third kappa shape index (κ3) is 6.54. The standard InChI is InChI=1S/C20H37N3O3/c1-15-6-4-7-18(16(15)2)22-19(24)14-23-11-8-17(9-12-23)20(25)21-10-5-13-26-3/h15-18H,4-14H2,1-3H3,(H,21,25)(H,22,24). The lowest BCUT2D eigenvalue weighted by Crippen LogP contribution is -2.49. The number of carbonyl (C=O) groups is 2. The van der Waals surface area contributed by atoms with E-state index in [0.29, 0.717) is 37.6 Å². The second-order valence-corrected chi connectivity index (χ2v) is 8.13. The Balaban J connectivity index is 1.65. The van der Waals surface area contributed by atoms with Gasteiger partial charge >= 0.3 is 0 Å². The smallest absolute Gasteiger partial charge is 0.234 e. The van der Waals surface area contributed by atoms with Crippen LogP contribution >= 0.6 is 0 Å². The first kappa shape index (κ1) is 21.2. The number of hydrogen-bond donors (Lipinski definition) is 2. The van der Waals surface area contributed by atoms with Gasteiger partial charge in [0.1, 0.15) is 0 Å². The number of piperidine rings is 1. The number of nitrogens with one attached hydrogen (secondary N) is 2. The van der Waals surface area contributed by atoms with Crippen molar-refractivity contribution < 1.29 is 14.3 Å². The number of methoxy groups -OCH3 is 1. The van der Waals surface area contributed by atoms with Crippen molar-refractivity contribution in [2.75, 3.05) is 39.9 Å². The Morgan fingerprint density at radius 3 is 2.54 bits per heavy atom. The van der Waals surface area contributed by atoms with Crippen LogP contribution in [0.15, 0.2) is 0 Å². The van der Waals surface area contributed by atoms with E-state index in [4.69, 9.17) is 4.74 Å². The molecular weight excluding hydrogens is 330 g/mol. The first-order valence-electron chi connectivity index (χ1n) is 10.3. The van der Waals surface area contributed by atoms with E-state index in [2.05, 4.69) is 29.4 Å². The molecule has 1 aliphatic heterocycles. The van der Waals surface area contributed by atoms with Crippen LogP contribution in [0.2, 0.25) is 0 Å². The molecule has 26 heavy (non-hydrogen) atoms. The summed E-state index contributed by atoms with van der Waals surface area (Å²) >= 11 is 0. The van der Waals surface area contributed by atoms with Crippen LogP contribution in [0, 0.1) is 17.8 Å². The quantitative estimate of drug-likeness (QED) is 0.642. The average Bonchev–Trinajstić information content (AvgIpc) is 2.63. The Labute approximate surface area is 158 Å². The molecule has 1 saturated heterocycles. The van der Waals surface area contributed by atoms with Crippen LogP contribution in [-0.2, 0) is 14.3 Å². The van der Waals surface area contributed by atoms with Crippen LogP contribution in [0.25, 0.3) is 0 Å². The van der Waals surface area contributed by atoms with Crippen molar-refractivity contribution in [2.45, 2.75) is 58.4 Å². The molecule has 2 rings (SSSR count). The van der Waals surface area contributed by atoms with Crippen LogP contribution in [-0.4, -0.2) is 62.7 Å². The van der Waals surface area contributed by atoms with E-state index in [1.807, 2.05) is 0 Å². The lowest BCUT2D eigenvalue weighted by atomic mass is 9.78. The maximum Gasteiger partial charge on any atom is 0.234 e. The molecule has 0 aromatic heterocycles. The molecule has 1 aliphatic carbocycles. The molecule has 6 nitrogen and oxygen atoms in total. The second-order valence-electron chi connectivity index (χ2n) is 8.13. The highest BCUT2D eigenvalue weighted by Gasteiger charge is 2.29.